The van der Waals surface area contributed by atoms with Crippen LogP contribution in [0.3, 0.4) is 0 Å². The minimum Gasteiger partial charge on any atom is -0.454 e. The lowest BCUT2D eigenvalue weighted by Crippen LogP contribution is -2.28. The van der Waals surface area contributed by atoms with Gasteiger partial charge in [-0.05, 0) is 35.2 Å². The van der Waals surface area contributed by atoms with Crippen LogP contribution in [0, 0.1) is 0 Å². The van der Waals surface area contributed by atoms with Crippen molar-refractivity contribution in [3.8, 4) is 34.1 Å². The molecule has 6 nitrogen and oxygen atoms in total. The number of nitrogens with zero attached hydrogens (tertiary/aromatic N) is 1. The molecular weight excluding hydrogens is 334 g/mol. The Kier molecular flexibility index (Phi) is 2.57. The van der Waals surface area contributed by atoms with E-state index in [2.05, 4.69) is 12.1 Å². The van der Waals surface area contributed by atoms with Crippen molar-refractivity contribution in [3.05, 3.63) is 42.0 Å². The third-order valence-electron chi connectivity index (χ3n) is 5.33. The first-order chi connectivity index (χ1) is 12.7. The van der Waals surface area contributed by atoms with Crippen LogP contribution >= 0.6 is 0 Å². The summed E-state index contributed by atoms with van der Waals surface area (Å²) in [6, 6.07) is 12.0. The summed E-state index contributed by atoms with van der Waals surface area (Å²) in [5.74, 6) is 2.77. The van der Waals surface area contributed by atoms with Gasteiger partial charge in [0.1, 0.15) is 0 Å². The molecule has 0 radical (unpaired) electrons. The molecule has 3 aliphatic rings. The van der Waals surface area contributed by atoms with E-state index in [0.717, 1.165) is 44.6 Å². The van der Waals surface area contributed by atoms with E-state index in [1.807, 2.05) is 36.2 Å². The summed E-state index contributed by atoms with van der Waals surface area (Å²) < 4.78 is 22.1. The molecule has 0 bridgehead atoms. The fourth-order valence-electron chi connectivity index (χ4n) is 4.10. The van der Waals surface area contributed by atoms with E-state index in [1.54, 1.807) is 0 Å². The molecule has 3 heterocycles. The minimum absolute atomic E-state index is 0.177. The zero-order valence-corrected chi connectivity index (χ0v) is 14.0. The van der Waals surface area contributed by atoms with E-state index in [1.165, 1.54) is 0 Å². The Morgan fingerprint density at radius 2 is 1.62 bits per heavy atom. The van der Waals surface area contributed by atoms with Gasteiger partial charge in [0.25, 0.3) is 0 Å². The average Bonchev–Trinajstić information content (AvgIpc) is 3.31. The van der Waals surface area contributed by atoms with Crippen LogP contribution in [0.4, 0.5) is 5.69 Å². The highest BCUT2D eigenvalue weighted by Crippen LogP contribution is 2.53. The molecule has 0 aliphatic carbocycles. The van der Waals surface area contributed by atoms with Crippen LogP contribution in [0.25, 0.3) is 21.9 Å². The summed E-state index contributed by atoms with van der Waals surface area (Å²) in [7, 11) is 1.88. The van der Waals surface area contributed by atoms with E-state index < -0.39 is 6.23 Å². The zero-order valence-electron chi connectivity index (χ0n) is 14.0. The van der Waals surface area contributed by atoms with Crippen LogP contribution < -0.4 is 23.8 Å². The molecule has 1 atom stereocenters. The molecule has 0 aromatic heterocycles. The summed E-state index contributed by atoms with van der Waals surface area (Å²) in [6.45, 7) is 0.412. The Bertz CT molecular complexity index is 1090. The Hall–Kier alpha value is -3.12. The first kappa shape index (κ1) is 14.1. The normalized spacial score (nSPS) is 18.8. The number of anilines is 1. The molecule has 3 aromatic rings. The second-order valence-corrected chi connectivity index (χ2v) is 6.63. The van der Waals surface area contributed by atoms with Crippen molar-refractivity contribution in [3.63, 3.8) is 0 Å². The van der Waals surface area contributed by atoms with Gasteiger partial charge in [0.15, 0.2) is 29.2 Å². The molecule has 0 fully saturated rings. The Labute approximate surface area is 149 Å². The van der Waals surface area contributed by atoms with Crippen LogP contribution in [0.15, 0.2) is 36.4 Å². The van der Waals surface area contributed by atoms with Crippen molar-refractivity contribution in [2.75, 3.05) is 25.5 Å². The van der Waals surface area contributed by atoms with Crippen molar-refractivity contribution < 1.29 is 24.1 Å². The molecule has 0 saturated carbocycles. The molecule has 3 aromatic carbocycles. The van der Waals surface area contributed by atoms with E-state index in [-0.39, 0.29) is 13.6 Å². The van der Waals surface area contributed by atoms with Crippen molar-refractivity contribution in [1.82, 2.24) is 0 Å². The molecule has 0 spiro atoms. The minimum atomic E-state index is -0.829. The monoisotopic (exact) mass is 349 g/mol. The Morgan fingerprint density at radius 3 is 2.50 bits per heavy atom. The lowest BCUT2D eigenvalue weighted by atomic mass is 9.89. The van der Waals surface area contributed by atoms with Crippen LogP contribution in [-0.2, 0) is 0 Å². The smallest absolute Gasteiger partial charge is 0.231 e. The molecule has 26 heavy (non-hydrogen) atoms. The Morgan fingerprint density at radius 1 is 0.885 bits per heavy atom. The van der Waals surface area contributed by atoms with Gasteiger partial charge < -0.3 is 29.0 Å². The van der Waals surface area contributed by atoms with Crippen molar-refractivity contribution in [2.45, 2.75) is 6.23 Å². The predicted octanol–water partition coefficient (Wildman–Crippen LogP) is 3.40. The second kappa shape index (κ2) is 4.74. The highest BCUT2D eigenvalue weighted by molar-refractivity contribution is 6.05. The summed E-state index contributed by atoms with van der Waals surface area (Å²) in [6.07, 6.45) is -0.829. The molecule has 0 unspecified atom stereocenters. The number of hydrogen-bond acceptors (Lipinski definition) is 6. The van der Waals surface area contributed by atoms with E-state index in [0.29, 0.717) is 11.5 Å². The number of ether oxygens (including phenoxy) is 4. The largest absolute Gasteiger partial charge is 0.454 e. The lowest BCUT2D eigenvalue weighted by molar-refractivity contribution is 0.157. The summed E-state index contributed by atoms with van der Waals surface area (Å²) in [5, 5.41) is 13.1. The number of benzene rings is 3. The van der Waals surface area contributed by atoms with Crippen LogP contribution in [0.1, 0.15) is 11.8 Å². The highest BCUT2D eigenvalue weighted by Gasteiger charge is 2.35. The number of fused-ring (bicyclic) bond motifs is 8. The van der Waals surface area contributed by atoms with Gasteiger partial charge in [0.2, 0.25) is 13.6 Å². The average molecular weight is 349 g/mol. The van der Waals surface area contributed by atoms with Gasteiger partial charge in [-0.3, -0.25) is 0 Å². The maximum absolute atomic E-state index is 11.0. The van der Waals surface area contributed by atoms with Gasteiger partial charge >= 0.3 is 0 Å². The fourth-order valence-corrected chi connectivity index (χ4v) is 4.10. The molecular formula is C20H15NO5. The molecule has 0 amide bonds. The highest BCUT2D eigenvalue weighted by atomic mass is 16.7. The third-order valence-corrected chi connectivity index (χ3v) is 5.33. The molecule has 6 rings (SSSR count). The summed E-state index contributed by atoms with van der Waals surface area (Å²) in [4.78, 5) is 1.87. The van der Waals surface area contributed by atoms with Gasteiger partial charge in [0, 0.05) is 18.0 Å². The summed E-state index contributed by atoms with van der Waals surface area (Å²) in [5.41, 5.74) is 3.70. The topological polar surface area (TPSA) is 60.4 Å². The summed E-state index contributed by atoms with van der Waals surface area (Å²) >= 11 is 0. The maximum atomic E-state index is 11.0. The lowest BCUT2D eigenvalue weighted by Gasteiger charge is -2.35. The second-order valence-electron chi connectivity index (χ2n) is 6.63. The SMILES string of the molecule is CN1c2c(ccc3cc4c(cc23)OCO4)-c2ccc3c(c2[C@@H]1O)OCO3. The third kappa shape index (κ3) is 1.64. The predicted molar refractivity (Wildman–Crippen MR) is 95.0 cm³/mol. The number of aliphatic hydroxyl groups excluding tert-OH is 1. The fraction of sp³-hybridized carbons (Fsp3) is 0.200. The van der Waals surface area contributed by atoms with E-state index in [4.69, 9.17) is 18.9 Å². The van der Waals surface area contributed by atoms with Gasteiger partial charge in [-0.2, -0.15) is 0 Å². The van der Waals surface area contributed by atoms with Crippen molar-refractivity contribution >= 4 is 16.5 Å². The van der Waals surface area contributed by atoms with Crippen LogP contribution in [0.2, 0.25) is 0 Å². The molecule has 130 valence electrons. The Balaban J connectivity index is 1.68. The molecule has 1 N–H and O–H groups in total. The van der Waals surface area contributed by atoms with E-state index >= 15 is 0 Å². The van der Waals surface area contributed by atoms with Gasteiger partial charge in [0.05, 0.1) is 11.3 Å². The van der Waals surface area contributed by atoms with Gasteiger partial charge in [-0.15, -0.1) is 0 Å². The van der Waals surface area contributed by atoms with Gasteiger partial charge in [-0.1, -0.05) is 12.1 Å². The van der Waals surface area contributed by atoms with Crippen molar-refractivity contribution in [2.24, 2.45) is 0 Å². The first-order valence-corrected chi connectivity index (χ1v) is 8.42. The van der Waals surface area contributed by atoms with E-state index in [9.17, 15) is 5.11 Å². The number of rotatable bonds is 0. The molecule has 3 aliphatic heterocycles. The maximum Gasteiger partial charge on any atom is 0.231 e. The van der Waals surface area contributed by atoms with Crippen LogP contribution in [-0.4, -0.2) is 25.7 Å². The number of aliphatic hydroxyl groups is 1. The standard InChI is InChI=1S/C20H15NO5/c1-21-18-12(3-2-10-6-15-16(7-13(10)18)25-8-24-15)11-4-5-14-19(26-9-23-14)17(11)20(21)22/h2-7,20,22H,8-9H2,1H3/t20-/m0/s1. The van der Waals surface area contributed by atoms with Crippen LogP contribution in [0.5, 0.6) is 23.0 Å². The molecule has 6 heteroatoms. The van der Waals surface area contributed by atoms with Gasteiger partial charge in [-0.25, -0.2) is 0 Å². The number of hydrogen-bond donors (Lipinski definition) is 1. The zero-order chi connectivity index (χ0) is 17.4. The molecule has 0 saturated heterocycles. The quantitative estimate of drug-likeness (QED) is 0.671. The van der Waals surface area contributed by atoms with Crippen molar-refractivity contribution in [1.29, 1.82) is 0 Å². The first-order valence-electron chi connectivity index (χ1n) is 8.42.